The van der Waals surface area contributed by atoms with Crippen molar-refractivity contribution in [3.63, 3.8) is 0 Å². The van der Waals surface area contributed by atoms with Gasteiger partial charge in [-0.2, -0.15) is 9.29 Å². The standard InChI is InChI=1S/C17H21N3O4S/c1-13-3-5-15(6-4-13)25(21,22)20-11-8-14(9-12-20)24-16-7-10-18-17(19-16)23-2/h3-7,10,14H,8-9,11-12H2,1-2H3. The van der Waals surface area contributed by atoms with Crippen LogP contribution in [-0.4, -0.2) is 49.0 Å². The molecule has 1 aliphatic rings. The maximum absolute atomic E-state index is 12.7. The molecule has 3 rings (SSSR count). The lowest BCUT2D eigenvalue weighted by molar-refractivity contribution is 0.128. The highest BCUT2D eigenvalue weighted by molar-refractivity contribution is 7.89. The molecule has 1 fully saturated rings. The predicted molar refractivity (Wildman–Crippen MR) is 92.2 cm³/mol. The number of methoxy groups -OCH3 is 1. The number of aromatic nitrogens is 2. The molecular weight excluding hydrogens is 342 g/mol. The van der Waals surface area contributed by atoms with Crippen molar-refractivity contribution >= 4 is 10.0 Å². The number of sulfonamides is 1. The minimum absolute atomic E-state index is 0.0796. The van der Waals surface area contributed by atoms with E-state index in [0.717, 1.165) is 5.56 Å². The molecule has 0 atom stereocenters. The molecular formula is C17H21N3O4S. The zero-order valence-corrected chi connectivity index (χ0v) is 15.1. The quantitative estimate of drug-likeness (QED) is 0.808. The SMILES string of the molecule is COc1nccc(OC2CCN(S(=O)(=O)c3ccc(C)cc3)CC2)n1. The first-order chi connectivity index (χ1) is 12.0. The van der Waals surface area contributed by atoms with Gasteiger partial charge in [-0.15, -0.1) is 0 Å². The van der Waals surface area contributed by atoms with Crippen LogP contribution in [0.2, 0.25) is 0 Å². The molecule has 0 amide bonds. The van der Waals surface area contributed by atoms with E-state index in [9.17, 15) is 8.42 Å². The fourth-order valence-corrected chi connectivity index (χ4v) is 4.18. The van der Waals surface area contributed by atoms with Crippen molar-refractivity contribution < 1.29 is 17.9 Å². The highest BCUT2D eigenvalue weighted by Crippen LogP contribution is 2.23. The topological polar surface area (TPSA) is 81.6 Å². The van der Waals surface area contributed by atoms with Gasteiger partial charge in [0.05, 0.1) is 12.0 Å². The third-order valence-electron chi connectivity index (χ3n) is 4.14. The molecule has 0 unspecified atom stereocenters. The Balaban J connectivity index is 1.62. The van der Waals surface area contributed by atoms with Gasteiger partial charge in [0.1, 0.15) is 6.10 Å². The second kappa shape index (κ2) is 7.37. The summed E-state index contributed by atoms with van der Waals surface area (Å²) in [6, 6.07) is 8.84. The summed E-state index contributed by atoms with van der Waals surface area (Å²) in [5, 5.41) is 0. The normalized spacial score (nSPS) is 16.6. The van der Waals surface area contributed by atoms with Gasteiger partial charge in [-0.25, -0.2) is 13.4 Å². The third-order valence-corrected chi connectivity index (χ3v) is 6.05. The fraction of sp³-hybridized carbons (Fsp3) is 0.412. The van der Waals surface area contributed by atoms with Crippen molar-refractivity contribution in [2.24, 2.45) is 0 Å². The Bertz CT molecular complexity index is 816. The molecule has 1 aromatic heterocycles. The molecule has 7 nitrogen and oxygen atoms in total. The van der Waals surface area contributed by atoms with E-state index in [4.69, 9.17) is 9.47 Å². The summed E-state index contributed by atoms with van der Waals surface area (Å²) in [5.74, 6) is 0.437. The Labute approximate surface area is 147 Å². The van der Waals surface area contributed by atoms with Crippen LogP contribution in [0.25, 0.3) is 0 Å². The van der Waals surface area contributed by atoms with E-state index >= 15 is 0 Å². The number of rotatable bonds is 5. The van der Waals surface area contributed by atoms with Gasteiger partial charge in [0.25, 0.3) is 0 Å². The molecule has 0 N–H and O–H groups in total. The maximum atomic E-state index is 12.7. The number of ether oxygens (including phenoxy) is 2. The van der Waals surface area contributed by atoms with Gasteiger partial charge in [-0.3, -0.25) is 0 Å². The van der Waals surface area contributed by atoms with Crippen LogP contribution in [0.15, 0.2) is 41.4 Å². The first kappa shape index (κ1) is 17.6. The van der Waals surface area contributed by atoms with E-state index in [-0.39, 0.29) is 12.1 Å². The first-order valence-corrected chi connectivity index (χ1v) is 9.53. The van der Waals surface area contributed by atoms with Gasteiger partial charge in [0.15, 0.2) is 0 Å². The maximum Gasteiger partial charge on any atom is 0.319 e. The third kappa shape index (κ3) is 4.08. The molecule has 1 saturated heterocycles. The van der Waals surface area contributed by atoms with Crippen molar-refractivity contribution in [2.45, 2.75) is 30.8 Å². The molecule has 0 spiro atoms. The zero-order chi connectivity index (χ0) is 17.9. The van der Waals surface area contributed by atoms with E-state index in [2.05, 4.69) is 9.97 Å². The van der Waals surface area contributed by atoms with Gasteiger partial charge < -0.3 is 9.47 Å². The molecule has 0 radical (unpaired) electrons. The smallest absolute Gasteiger partial charge is 0.319 e. The molecule has 25 heavy (non-hydrogen) atoms. The van der Waals surface area contributed by atoms with Gasteiger partial charge >= 0.3 is 6.01 Å². The van der Waals surface area contributed by atoms with E-state index in [0.29, 0.717) is 36.7 Å². The molecule has 1 aromatic carbocycles. The Kier molecular flexibility index (Phi) is 5.19. The van der Waals surface area contributed by atoms with Gasteiger partial charge in [0.2, 0.25) is 15.9 Å². The average molecular weight is 363 g/mol. The second-order valence-corrected chi connectivity index (χ2v) is 7.85. The molecule has 0 bridgehead atoms. The van der Waals surface area contributed by atoms with Crippen LogP contribution in [0, 0.1) is 6.92 Å². The summed E-state index contributed by atoms with van der Waals surface area (Å²) >= 11 is 0. The molecule has 2 heterocycles. The number of hydrogen-bond donors (Lipinski definition) is 0. The summed E-state index contributed by atoms with van der Waals surface area (Å²) in [7, 11) is -1.96. The summed E-state index contributed by atoms with van der Waals surface area (Å²) in [5.41, 5.74) is 1.03. The highest BCUT2D eigenvalue weighted by atomic mass is 32.2. The fourth-order valence-electron chi connectivity index (χ4n) is 2.71. The molecule has 0 saturated carbocycles. The monoisotopic (exact) mass is 363 g/mol. The minimum Gasteiger partial charge on any atom is -0.474 e. The van der Waals surface area contributed by atoms with Crippen LogP contribution in [0.5, 0.6) is 11.9 Å². The Morgan fingerprint density at radius 2 is 1.80 bits per heavy atom. The average Bonchev–Trinajstić information content (AvgIpc) is 2.63. The van der Waals surface area contributed by atoms with Crippen molar-refractivity contribution in [3.05, 3.63) is 42.1 Å². The molecule has 8 heteroatoms. The lowest BCUT2D eigenvalue weighted by Gasteiger charge is -2.31. The molecule has 2 aromatic rings. The number of piperidine rings is 1. The number of nitrogens with zero attached hydrogens (tertiary/aromatic N) is 3. The number of hydrogen-bond acceptors (Lipinski definition) is 6. The van der Waals surface area contributed by atoms with Gasteiger partial charge in [-0.1, -0.05) is 17.7 Å². The predicted octanol–water partition coefficient (Wildman–Crippen LogP) is 2.03. The van der Waals surface area contributed by atoms with Crippen molar-refractivity contribution in [1.82, 2.24) is 14.3 Å². The number of aryl methyl sites for hydroxylation is 1. The van der Waals surface area contributed by atoms with E-state index in [1.807, 2.05) is 19.1 Å². The summed E-state index contributed by atoms with van der Waals surface area (Å²) < 4.78 is 37.7. The number of benzene rings is 1. The lowest BCUT2D eigenvalue weighted by Crippen LogP contribution is -2.41. The van der Waals surface area contributed by atoms with Gasteiger partial charge in [0, 0.05) is 25.4 Å². The van der Waals surface area contributed by atoms with Crippen LogP contribution >= 0.6 is 0 Å². The molecule has 1 aliphatic heterocycles. The zero-order valence-electron chi connectivity index (χ0n) is 14.3. The largest absolute Gasteiger partial charge is 0.474 e. The Hall–Kier alpha value is -2.19. The first-order valence-electron chi connectivity index (χ1n) is 8.09. The van der Waals surface area contributed by atoms with Crippen LogP contribution < -0.4 is 9.47 Å². The summed E-state index contributed by atoms with van der Waals surface area (Å²) in [4.78, 5) is 8.39. The molecule has 134 valence electrons. The van der Waals surface area contributed by atoms with Crippen LogP contribution in [0.3, 0.4) is 0 Å². The highest BCUT2D eigenvalue weighted by Gasteiger charge is 2.30. The summed E-state index contributed by atoms with van der Waals surface area (Å²) in [6.07, 6.45) is 2.71. The van der Waals surface area contributed by atoms with E-state index in [1.54, 1.807) is 24.4 Å². The van der Waals surface area contributed by atoms with Crippen molar-refractivity contribution in [3.8, 4) is 11.9 Å². The Morgan fingerprint density at radius 1 is 1.12 bits per heavy atom. The van der Waals surface area contributed by atoms with Crippen molar-refractivity contribution in [2.75, 3.05) is 20.2 Å². The minimum atomic E-state index is -3.45. The van der Waals surface area contributed by atoms with Crippen LogP contribution in [-0.2, 0) is 10.0 Å². The summed E-state index contributed by atoms with van der Waals surface area (Å²) in [6.45, 7) is 2.77. The Morgan fingerprint density at radius 3 is 2.44 bits per heavy atom. The van der Waals surface area contributed by atoms with E-state index in [1.165, 1.54) is 11.4 Å². The van der Waals surface area contributed by atoms with Crippen LogP contribution in [0.4, 0.5) is 0 Å². The van der Waals surface area contributed by atoms with E-state index < -0.39 is 10.0 Å². The second-order valence-electron chi connectivity index (χ2n) is 5.92. The molecule has 0 aliphatic carbocycles. The lowest BCUT2D eigenvalue weighted by atomic mass is 10.1. The van der Waals surface area contributed by atoms with Crippen LogP contribution in [0.1, 0.15) is 18.4 Å². The van der Waals surface area contributed by atoms with Crippen molar-refractivity contribution in [1.29, 1.82) is 0 Å². The van der Waals surface area contributed by atoms with Gasteiger partial charge in [-0.05, 0) is 31.9 Å².